The second-order valence-electron chi connectivity index (χ2n) is 6.36. The fourth-order valence-electron chi connectivity index (χ4n) is 2.84. The number of aromatic nitrogens is 3. The van der Waals surface area contributed by atoms with Gasteiger partial charge in [0.1, 0.15) is 0 Å². The number of hydrogen-bond donors (Lipinski definition) is 1. The van der Waals surface area contributed by atoms with Gasteiger partial charge in [-0.1, -0.05) is 84.9 Å². The first-order chi connectivity index (χ1) is 14.8. The highest BCUT2D eigenvalue weighted by molar-refractivity contribution is 5.91. The molecule has 1 amide bonds. The van der Waals surface area contributed by atoms with Gasteiger partial charge in [0.2, 0.25) is 5.82 Å². The maximum Gasteiger partial charge on any atom is 0.311 e. The Bertz CT molecular complexity index is 1110. The monoisotopic (exact) mass is 393 g/mol. The lowest BCUT2D eigenvalue weighted by Gasteiger charge is -2.05. The van der Waals surface area contributed by atoms with E-state index < -0.39 is 5.91 Å². The second-order valence-corrected chi connectivity index (χ2v) is 6.36. The van der Waals surface area contributed by atoms with Crippen molar-refractivity contribution in [2.24, 2.45) is 5.10 Å². The zero-order valence-corrected chi connectivity index (χ0v) is 16.1. The third kappa shape index (κ3) is 4.56. The van der Waals surface area contributed by atoms with E-state index in [-0.39, 0.29) is 5.82 Å². The van der Waals surface area contributed by atoms with Crippen LogP contribution >= 0.6 is 0 Å². The molecule has 0 aliphatic heterocycles. The Balaban J connectivity index is 1.54. The molecule has 0 saturated heterocycles. The molecule has 146 valence electrons. The lowest BCUT2D eigenvalue weighted by Crippen LogP contribution is -2.19. The normalized spacial score (nSPS) is 11.2. The molecule has 1 heterocycles. The average molecular weight is 393 g/mol. The van der Waals surface area contributed by atoms with Crippen LogP contribution in [0.4, 0.5) is 0 Å². The fourth-order valence-corrected chi connectivity index (χ4v) is 2.84. The molecule has 6 heteroatoms. The standard InChI is InChI=1S/C24H19N5O/c30-24(27-25-18-10-13-19-11-4-1-5-12-19)22-26-23(20-14-6-2-7-15-20)29(28-22)21-16-8-3-9-17-21/h1-18H,(H,27,30)/b13-10+,25-18-. The van der Waals surface area contributed by atoms with Crippen LogP contribution in [-0.4, -0.2) is 26.9 Å². The Labute approximate surface area is 174 Å². The van der Waals surface area contributed by atoms with E-state index in [0.29, 0.717) is 5.82 Å². The number of allylic oxidation sites excluding steroid dienone is 1. The van der Waals surface area contributed by atoms with E-state index in [9.17, 15) is 4.79 Å². The largest absolute Gasteiger partial charge is 0.311 e. The molecule has 0 aliphatic carbocycles. The predicted molar refractivity (Wildman–Crippen MR) is 118 cm³/mol. The van der Waals surface area contributed by atoms with E-state index in [1.807, 2.05) is 97.1 Å². The molecule has 1 N–H and O–H groups in total. The summed E-state index contributed by atoms with van der Waals surface area (Å²) < 4.78 is 1.66. The number of carbonyl (C=O) groups is 1. The fraction of sp³-hybridized carbons (Fsp3) is 0. The van der Waals surface area contributed by atoms with Crippen LogP contribution in [0, 0.1) is 0 Å². The molecule has 0 spiro atoms. The Kier molecular flexibility index (Phi) is 5.86. The summed E-state index contributed by atoms with van der Waals surface area (Å²) in [7, 11) is 0. The van der Waals surface area contributed by atoms with Gasteiger partial charge in [0.25, 0.3) is 0 Å². The van der Waals surface area contributed by atoms with Crippen molar-refractivity contribution >= 4 is 18.2 Å². The van der Waals surface area contributed by atoms with E-state index in [4.69, 9.17) is 0 Å². The first-order valence-electron chi connectivity index (χ1n) is 9.44. The molecule has 4 rings (SSSR count). The van der Waals surface area contributed by atoms with Gasteiger partial charge >= 0.3 is 5.91 Å². The van der Waals surface area contributed by atoms with Crippen molar-refractivity contribution in [1.82, 2.24) is 20.2 Å². The third-order valence-electron chi connectivity index (χ3n) is 4.26. The number of amides is 1. The molecule has 1 aromatic heterocycles. The van der Waals surface area contributed by atoms with Gasteiger partial charge in [-0.05, 0) is 23.8 Å². The molecule has 0 saturated carbocycles. The molecular weight excluding hydrogens is 374 g/mol. The maximum atomic E-state index is 12.5. The molecule has 0 unspecified atom stereocenters. The summed E-state index contributed by atoms with van der Waals surface area (Å²) in [6.45, 7) is 0. The molecule has 0 radical (unpaired) electrons. The molecule has 0 fully saturated rings. The van der Waals surface area contributed by atoms with Gasteiger partial charge in [-0.25, -0.2) is 15.1 Å². The van der Waals surface area contributed by atoms with Gasteiger partial charge in [0, 0.05) is 11.8 Å². The van der Waals surface area contributed by atoms with Crippen molar-refractivity contribution in [1.29, 1.82) is 0 Å². The zero-order chi connectivity index (χ0) is 20.6. The van der Waals surface area contributed by atoms with Crippen molar-refractivity contribution in [3.63, 3.8) is 0 Å². The van der Waals surface area contributed by atoms with E-state index in [0.717, 1.165) is 16.8 Å². The minimum absolute atomic E-state index is 0.0434. The Morgan fingerprint density at radius 2 is 1.50 bits per heavy atom. The summed E-state index contributed by atoms with van der Waals surface area (Å²) in [6, 6.07) is 29.0. The minimum Gasteiger partial charge on any atom is -0.264 e. The Morgan fingerprint density at radius 3 is 2.20 bits per heavy atom. The third-order valence-corrected chi connectivity index (χ3v) is 4.26. The number of hydrazone groups is 1. The minimum atomic E-state index is -0.480. The molecule has 0 bridgehead atoms. The number of hydrogen-bond acceptors (Lipinski definition) is 4. The first-order valence-corrected chi connectivity index (χ1v) is 9.44. The summed E-state index contributed by atoms with van der Waals surface area (Å²) in [6.07, 6.45) is 5.16. The van der Waals surface area contributed by atoms with Crippen LogP contribution in [0.25, 0.3) is 23.2 Å². The second kappa shape index (κ2) is 9.25. The molecular formula is C24H19N5O. The molecule has 6 nitrogen and oxygen atoms in total. The summed E-state index contributed by atoms with van der Waals surface area (Å²) in [5.74, 6) is 0.146. The molecule has 30 heavy (non-hydrogen) atoms. The van der Waals surface area contributed by atoms with Crippen molar-refractivity contribution < 1.29 is 4.79 Å². The molecule has 4 aromatic rings. The number of carbonyl (C=O) groups excluding carboxylic acids is 1. The van der Waals surface area contributed by atoms with Crippen LogP contribution in [0.3, 0.4) is 0 Å². The topological polar surface area (TPSA) is 72.2 Å². The van der Waals surface area contributed by atoms with E-state index in [1.54, 1.807) is 10.8 Å². The lowest BCUT2D eigenvalue weighted by atomic mass is 10.2. The first kappa shape index (κ1) is 19.0. The molecule has 0 atom stereocenters. The zero-order valence-electron chi connectivity index (χ0n) is 16.1. The SMILES string of the molecule is O=C(N/N=C\C=C\c1ccccc1)c1nc(-c2ccccc2)n(-c2ccccc2)n1. The Morgan fingerprint density at radius 1 is 0.867 bits per heavy atom. The van der Waals surface area contributed by atoms with Crippen molar-refractivity contribution in [3.05, 3.63) is 108 Å². The predicted octanol–water partition coefficient (Wildman–Crippen LogP) is 4.36. The van der Waals surface area contributed by atoms with Crippen LogP contribution in [0.5, 0.6) is 0 Å². The van der Waals surface area contributed by atoms with E-state index in [1.165, 1.54) is 6.21 Å². The summed E-state index contributed by atoms with van der Waals surface area (Å²) in [4.78, 5) is 17.0. The van der Waals surface area contributed by atoms with Crippen molar-refractivity contribution in [2.45, 2.75) is 0 Å². The Hall–Kier alpha value is -4.32. The number of benzene rings is 3. The van der Waals surface area contributed by atoms with Crippen molar-refractivity contribution in [3.8, 4) is 17.1 Å². The average Bonchev–Trinajstić information content (AvgIpc) is 3.26. The van der Waals surface area contributed by atoms with E-state index in [2.05, 4.69) is 20.6 Å². The highest BCUT2D eigenvalue weighted by Gasteiger charge is 2.18. The van der Waals surface area contributed by atoms with Crippen LogP contribution < -0.4 is 5.43 Å². The lowest BCUT2D eigenvalue weighted by molar-refractivity contribution is 0.0945. The maximum absolute atomic E-state index is 12.5. The smallest absolute Gasteiger partial charge is 0.264 e. The number of nitrogens with one attached hydrogen (secondary N) is 1. The summed E-state index contributed by atoms with van der Waals surface area (Å²) in [5, 5.41) is 8.35. The highest BCUT2D eigenvalue weighted by atomic mass is 16.2. The summed E-state index contributed by atoms with van der Waals surface area (Å²) in [5.41, 5.74) is 5.20. The van der Waals surface area contributed by atoms with Gasteiger partial charge in [-0.15, -0.1) is 5.10 Å². The quantitative estimate of drug-likeness (QED) is 0.391. The summed E-state index contributed by atoms with van der Waals surface area (Å²) >= 11 is 0. The van der Waals surface area contributed by atoms with Gasteiger partial charge < -0.3 is 0 Å². The van der Waals surface area contributed by atoms with Gasteiger partial charge in [-0.3, -0.25) is 4.79 Å². The van der Waals surface area contributed by atoms with Crippen molar-refractivity contribution in [2.75, 3.05) is 0 Å². The van der Waals surface area contributed by atoms with Gasteiger partial charge in [-0.2, -0.15) is 5.10 Å². The van der Waals surface area contributed by atoms with E-state index >= 15 is 0 Å². The number of rotatable bonds is 6. The highest BCUT2D eigenvalue weighted by Crippen LogP contribution is 2.20. The van der Waals surface area contributed by atoms with Gasteiger partial charge in [0.05, 0.1) is 5.69 Å². The van der Waals surface area contributed by atoms with Gasteiger partial charge in [0.15, 0.2) is 5.82 Å². The van der Waals surface area contributed by atoms with Crippen LogP contribution in [0.2, 0.25) is 0 Å². The number of nitrogens with zero attached hydrogens (tertiary/aromatic N) is 4. The van der Waals surface area contributed by atoms with Crippen LogP contribution in [0.1, 0.15) is 16.2 Å². The number of para-hydroxylation sites is 1. The molecule has 0 aliphatic rings. The molecule has 3 aromatic carbocycles. The van der Waals surface area contributed by atoms with Crippen LogP contribution in [0.15, 0.2) is 102 Å². The van der Waals surface area contributed by atoms with Crippen LogP contribution in [-0.2, 0) is 0 Å².